The molecule has 27 heavy (non-hydrogen) atoms. The van der Waals surface area contributed by atoms with E-state index in [1.54, 1.807) is 12.1 Å². The van der Waals surface area contributed by atoms with Crippen molar-refractivity contribution in [2.75, 3.05) is 18.5 Å². The van der Waals surface area contributed by atoms with Gasteiger partial charge in [0, 0.05) is 18.9 Å². The molecule has 6 heteroatoms. The first-order valence-corrected chi connectivity index (χ1v) is 9.30. The zero-order valence-electron chi connectivity index (χ0n) is 16.0. The summed E-state index contributed by atoms with van der Waals surface area (Å²) < 4.78 is 17.0. The summed E-state index contributed by atoms with van der Waals surface area (Å²) in [7, 11) is 0. The van der Waals surface area contributed by atoms with Gasteiger partial charge in [-0.1, -0.05) is 6.07 Å². The Labute approximate surface area is 159 Å². The average molecular weight is 370 g/mol. The van der Waals surface area contributed by atoms with Gasteiger partial charge in [-0.2, -0.15) is 0 Å². The molecule has 1 amide bonds. The van der Waals surface area contributed by atoms with Crippen molar-refractivity contribution in [1.82, 2.24) is 4.98 Å². The topological polar surface area (TPSA) is 69.7 Å². The predicted octanol–water partition coefficient (Wildman–Crippen LogP) is 3.99. The Morgan fingerprint density at radius 1 is 1.33 bits per heavy atom. The molecule has 1 aliphatic rings. The molecule has 0 bridgehead atoms. The highest BCUT2D eigenvalue weighted by Gasteiger charge is 2.18. The van der Waals surface area contributed by atoms with Crippen LogP contribution in [0.5, 0.6) is 11.6 Å². The minimum Gasteiger partial charge on any atom is -0.489 e. The second-order valence-electron chi connectivity index (χ2n) is 6.95. The SMILES string of the molecule is Cc1ccc(NC(=O)c2ccc(OC(C)C)nc2)c(OCC2CCCO2)c1. The van der Waals surface area contributed by atoms with Crippen molar-refractivity contribution >= 4 is 11.6 Å². The fourth-order valence-corrected chi connectivity index (χ4v) is 2.83. The second-order valence-corrected chi connectivity index (χ2v) is 6.95. The second kappa shape index (κ2) is 8.86. The quantitative estimate of drug-likeness (QED) is 0.798. The Kier molecular flexibility index (Phi) is 6.29. The number of nitrogens with zero attached hydrogens (tertiary/aromatic N) is 1. The molecule has 1 N–H and O–H groups in total. The molecule has 1 atom stereocenters. The molecule has 0 aliphatic carbocycles. The van der Waals surface area contributed by atoms with Gasteiger partial charge in [-0.05, 0) is 57.4 Å². The Bertz CT molecular complexity index is 768. The van der Waals surface area contributed by atoms with Crippen LogP contribution in [0.4, 0.5) is 5.69 Å². The molecular weight excluding hydrogens is 344 g/mol. The fraction of sp³-hybridized carbons (Fsp3) is 0.429. The number of benzene rings is 1. The van der Waals surface area contributed by atoms with Crippen LogP contribution in [-0.4, -0.2) is 36.3 Å². The van der Waals surface area contributed by atoms with Gasteiger partial charge in [0.15, 0.2) is 0 Å². The highest BCUT2D eigenvalue weighted by molar-refractivity contribution is 6.04. The lowest BCUT2D eigenvalue weighted by Gasteiger charge is -2.16. The molecule has 2 aromatic rings. The van der Waals surface area contributed by atoms with Crippen LogP contribution in [0.1, 0.15) is 42.6 Å². The van der Waals surface area contributed by atoms with E-state index in [0.717, 1.165) is 25.0 Å². The Morgan fingerprint density at radius 2 is 2.19 bits per heavy atom. The molecule has 1 unspecified atom stereocenters. The molecule has 1 aromatic carbocycles. The first-order valence-electron chi connectivity index (χ1n) is 9.30. The Morgan fingerprint density at radius 3 is 2.85 bits per heavy atom. The smallest absolute Gasteiger partial charge is 0.257 e. The van der Waals surface area contributed by atoms with Crippen LogP contribution in [0.2, 0.25) is 0 Å². The highest BCUT2D eigenvalue weighted by atomic mass is 16.5. The van der Waals surface area contributed by atoms with Gasteiger partial charge in [-0.25, -0.2) is 4.98 Å². The van der Waals surface area contributed by atoms with Gasteiger partial charge >= 0.3 is 0 Å². The van der Waals surface area contributed by atoms with Gasteiger partial charge < -0.3 is 19.5 Å². The van der Waals surface area contributed by atoms with Crippen molar-refractivity contribution < 1.29 is 19.0 Å². The summed E-state index contributed by atoms with van der Waals surface area (Å²) in [5.74, 6) is 0.897. The summed E-state index contributed by atoms with van der Waals surface area (Å²) in [6, 6.07) is 9.09. The van der Waals surface area contributed by atoms with Crippen molar-refractivity contribution in [3.05, 3.63) is 47.7 Å². The number of rotatable bonds is 7. The molecule has 1 aliphatic heterocycles. The molecule has 0 saturated carbocycles. The summed E-state index contributed by atoms with van der Waals surface area (Å²) in [4.78, 5) is 16.7. The number of anilines is 1. The Hall–Kier alpha value is -2.60. The van der Waals surface area contributed by atoms with E-state index in [0.29, 0.717) is 29.5 Å². The highest BCUT2D eigenvalue weighted by Crippen LogP contribution is 2.27. The fourth-order valence-electron chi connectivity index (χ4n) is 2.83. The summed E-state index contributed by atoms with van der Waals surface area (Å²) in [6.45, 7) is 7.11. The standard InChI is InChI=1S/C21H26N2O4/c1-14(2)27-20-9-7-16(12-22-20)21(24)23-18-8-6-15(3)11-19(18)26-13-17-5-4-10-25-17/h6-9,11-12,14,17H,4-5,10,13H2,1-3H3,(H,23,24). The van der Waals surface area contributed by atoms with Gasteiger partial charge in [0.1, 0.15) is 12.4 Å². The number of carbonyl (C=O) groups excluding carboxylic acids is 1. The Balaban J connectivity index is 1.67. The van der Waals surface area contributed by atoms with E-state index < -0.39 is 0 Å². The molecule has 1 aromatic heterocycles. The number of hydrogen-bond acceptors (Lipinski definition) is 5. The summed E-state index contributed by atoms with van der Waals surface area (Å²) in [5, 5.41) is 2.90. The van der Waals surface area contributed by atoms with Crippen molar-refractivity contribution in [1.29, 1.82) is 0 Å². The van der Waals surface area contributed by atoms with E-state index in [4.69, 9.17) is 14.2 Å². The first kappa shape index (κ1) is 19.2. The van der Waals surface area contributed by atoms with Gasteiger partial charge in [-0.3, -0.25) is 4.79 Å². The molecule has 1 saturated heterocycles. The van der Waals surface area contributed by atoms with E-state index in [-0.39, 0.29) is 18.1 Å². The average Bonchev–Trinajstić information content (AvgIpc) is 3.15. The third kappa shape index (κ3) is 5.44. The lowest BCUT2D eigenvalue weighted by atomic mass is 10.2. The van der Waals surface area contributed by atoms with Gasteiger partial charge in [0.2, 0.25) is 5.88 Å². The number of pyridine rings is 1. The van der Waals surface area contributed by atoms with Crippen LogP contribution < -0.4 is 14.8 Å². The van der Waals surface area contributed by atoms with Gasteiger partial charge in [-0.15, -0.1) is 0 Å². The molecule has 2 heterocycles. The zero-order valence-corrected chi connectivity index (χ0v) is 16.0. The predicted molar refractivity (Wildman–Crippen MR) is 104 cm³/mol. The van der Waals surface area contributed by atoms with E-state index >= 15 is 0 Å². The number of carbonyl (C=O) groups is 1. The van der Waals surface area contributed by atoms with Crippen LogP contribution >= 0.6 is 0 Å². The maximum atomic E-state index is 12.6. The monoisotopic (exact) mass is 370 g/mol. The molecule has 144 valence electrons. The number of aryl methyl sites for hydroxylation is 1. The number of ether oxygens (including phenoxy) is 3. The first-order chi connectivity index (χ1) is 13.0. The number of amides is 1. The normalized spacial score (nSPS) is 16.4. The minimum atomic E-state index is -0.246. The zero-order chi connectivity index (χ0) is 19.2. The van der Waals surface area contributed by atoms with Crippen LogP contribution in [0, 0.1) is 6.92 Å². The van der Waals surface area contributed by atoms with Crippen molar-refractivity contribution in [2.24, 2.45) is 0 Å². The van der Waals surface area contributed by atoms with Crippen molar-refractivity contribution in [3.8, 4) is 11.6 Å². The largest absolute Gasteiger partial charge is 0.489 e. The summed E-state index contributed by atoms with van der Waals surface area (Å²) >= 11 is 0. The van der Waals surface area contributed by atoms with Crippen molar-refractivity contribution in [3.63, 3.8) is 0 Å². The van der Waals surface area contributed by atoms with Crippen molar-refractivity contribution in [2.45, 2.75) is 45.8 Å². The van der Waals surface area contributed by atoms with Crippen LogP contribution in [0.25, 0.3) is 0 Å². The maximum absolute atomic E-state index is 12.6. The van der Waals surface area contributed by atoms with Crippen LogP contribution in [0.15, 0.2) is 36.5 Å². The third-order valence-electron chi connectivity index (χ3n) is 4.19. The number of aromatic nitrogens is 1. The molecule has 0 spiro atoms. The maximum Gasteiger partial charge on any atom is 0.257 e. The minimum absolute atomic E-state index is 0.0355. The number of hydrogen-bond donors (Lipinski definition) is 1. The summed E-state index contributed by atoms with van der Waals surface area (Å²) in [5.41, 5.74) is 2.15. The molecule has 0 radical (unpaired) electrons. The lowest BCUT2D eigenvalue weighted by molar-refractivity contribution is 0.0681. The third-order valence-corrected chi connectivity index (χ3v) is 4.19. The molecule has 6 nitrogen and oxygen atoms in total. The summed E-state index contributed by atoms with van der Waals surface area (Å²) in [6.07, 6.45) is 3.73. The van der Waals surface area contributed by atoms with Crippen LogP contribution in [0.3, 0.4) is 0 Å². The van der Waals surface area contributed by atoms with Gasteiger partial charge in [0.05, 0.1) is 23.5 Å². The molecule has 1 fully saturated rings. The number of nitrogens with one attached hydrogen (secondary N) is 1. The lowest BCUT2D eigenvalue weighted by Crippen LogP contribution is -2.18. The van der Waals surface area contributed by atoms with E-state index in [2.05, 4.69) is 10.3 Å². The van der Waals surface area contributed by atoms with E-state index in [1.807, 2.05) is 39.0 Å². The van der Waals surface area contributed by atoms with E-state index in [9.17, 15) is 4.79 Å². The van der Waals surface area contributed by atoms with Gasteiger partial charge in [0.25, 0.3) is 5.91 Å². The molecular formula is C21H26N2O4. The van der Waals surface area contributed by atoms with E-state index in [1.165, 1.54) is 6.20 Å². The molecule has 3 rings (SSSR count). The van der Waals surface area contributed by atoms with Crippen LogP contribution in [-0.2, 0) is 4.74 Å².